The fourth-order valence-electron chi connectivity index (χ4n) is 4.47. The lowest BCUT2D eigenvalue weighted by Gasteiger charge is -2.45. The Balaban J connectivity index is 1.80. The van der Waals surface area contributed by atoms with Crippen molar-refractivity contribution >= 4 is 23.6 Å². The van der Waals surface area contributed by atoms with Crippen LogP contribution in [-0.2, 0) is 20.5 Å². The number of piperidine rings is 2. The van der Waals surface area contributed by atoms with Crippen molar-refractivity contribution in [1.29, 1.82) is 0 Å². The van der Waals surface area contributed by atoms with E-state index in [0.29, 0.717) is 18.9 Å². The van der Waals surface area contributed by atoms with Crippen LogP contribution in [0.1, 0.15) is 45.6 Å². The van der Waals surface area contributed by atoms with Crippen molar-refractivity contribution in [3.05, 3.63) is 29.6 Å². The molecule has 0 bridgehead atoms. The standard InChI is InChI=1S/C23H30F4N4O4/c1-22(2,3)35-21(34)30-8-6-16(19(28)32)18(12-30)31-7-4-5-17(20(31)33)29-15-10-13(23(25,26)27)9-14(24)11-15/h9-11,16-18,29H,4-8,12H2,1-3H3,(H2,28,32). The van der Waals surface area contributed by atoms with Gasteiger partial charge in [0, 0.05) is 25.3 Å². The Morgan fingerprint density at radius 2 is 1.80 bits per heavy atom. The van der Waals surface area contributed by atoms with Crippen LogP contribution in [-0.4, -0.2) is 65.0 Å². The van der Waals surface area contributed by atoms with Crippen molar-refractivity contribution in [3.63, 3.8) is 0 Å². The molecule has 3 rings (SSSR count). The molecule has 2 fully saturated rings. The number of primary amides is 1. The summed E-state index contributed by atoms with van der Waals surface area (Å²) in [5, 5.41) is 2.71. The van der Waals surface area contributed by atoms with E-state index in [4.69, 9.17) is 10.5 Å². The molecule has 1 aromatic carbocycles. The number of nitrogens with two attached hydrogens (primary N) is 1. The molecule has 0 saturated carbocycles. The second-order valence-corrected chi connectivity index (χ2v) is 9.89. The Morgan fingerprint density at radius 1 is 1.11 bits per heavy atom. The number of nitrogens with zero attached hydrogens (tertiary/aromatic N) is 2. The van der Waals surface area contributed by atoms with Gasteiger partial charge in [0.2, 0.25) is 11.8 Å². The Labute approximate surface area is 200 Å². The number of carbonyl (C=O) groups is 3. The van der Waals surface area contributed by atoms with E-state index in [0.717, 1.165) is 12.1 Å². The molecule has 0 aromatic heterocycles. The molecule has 3 atom stereocenters. The van der Waals surface area contributed by atoms with Gasteiger partial charge >= 0.3 is 12.3 Å². The lowest BCUT2D eigenvalue weighted by molar-refractivity contribution is -0.142. The minimum atomic E-state index is -4.75. The molecular formula is C23H30F4N4O4. The fraction of sp³-hybridized carbons (Fsp3) is 0.609. The van der Waals surface area contributed by atoms with Gasteiger partial charge in [0.15, 0.2) is 0 Å². The van der Waals surface area contributed by atoms with Crippen molar-refractivity contribution in [2.24, 2.45) is 11.7 Å². The smallest absolute Gasteiger partial charge is 0.416 e. The molecule has 12 heteroatoms. The number of ether oxygens (including phenoxy) is 1. The van der Waals surface area contributed by atoms with Crippen molar-refractivity contribution < 1.29 is 36.7 Å². The average Bonchev–Trinajstić information content (AvgIpc) is 2.72. The van der Waals surface area contributed by atoms with Gasteiger partial charge in [-0.1, -0.05) is 0 Å². The van der Waals surface area contributed by atoms with Crippen molar-refractivity contribution in [3.8, 4) is 0 Å². The van der Waals surface area contributed by atoms with Crippen LogP contribution < -0.4 is 11.1 Å². The van der Waals surface area contributed by atoms with E-state index in [2.05, 4.69) is 5.32 Å². The summed E-state index contributed by atoms with van der Waals surface area (Å²) < 4.78 is 58.5. The summed E-state index contributed by atoms with van der Waals surface area (Å²) in [4.78, 5) is 40.9. The van der Waals surface area contributed by atoms with Gasteiger partial charge in [0.1, 0.15) is 17.5 Å². The third-order valence-corrected chi connectivity index (χ3v) is 6.04. The Hall–Kier alpha value is -3.05. The van der Waals surface area contributed by atoms with E-state index in [9.17, 15) is 31.9 Å². The zero-order valence-electron chi connectivity index (χ0n) is 19.8. The Kier molecular flexibility index (Phi) is 7.51. The van der Waals surface area contributed by atoms with Crippen LogP contribution >= 0.6 is 0 Å². The van der Waals surface area contributed by atoms with E-state index in [1.165, 1.54) is 9.80 Å². The second kappa shape index (κ2) is 9.90. The number of carbonyl (C=O) groups excluding carboxylic acids is 3. The first kappa shape index (κ1) is 26.6. The third-order valence-electron chi connectivity index (χ3n) is 6.04. The molecule has 2 aliphatic heterocycles. The minimum absolute atomic E-state index is 0.0270. The minimum Gasteiger partial charge on any atom is -0.444 e. The van der Waals surface area contributed by atoms with Crippen LogP contribution in [0.25, 0.3) is 0 Å². The van der Waals surface area contributed by atoms with Gasteiger partial charge in [-0.3, -0.25) is 9.59 Å². The Bertz CT molecular complexity index is 979. The highest BCUT2D eigenvalue weighted by Gasteiger charge is 2.43. The molecule has 2 aliphatic rings. The summed E-state index contributed by atoms with van der Waals surface area (Å²) >= 11 is 0. The predicted molar refractivity (Wildman–Crippen MR) is 119 cm³/mol. The summed E-state index contributed by atoms with van der Waals surface area (Å²) in [6.07, 6.45) is -4.30. The molecule has 8 nitrogen and oxygen atoms in total. The molecule has 2 saturated heterocycles. The molecule has 3 N–H and O–H groups in total. The molecule has 0 radical (unpaired) electrons. The first-order valence-electron chi connectivity index (χ1n) is 11.4. The monoisotopic (exact) mass is 502 g/mol. The number of anilines is 1. The normalized spacial score (nSPS) is 23.7. The summed E-state index contributed by atoms with van der Waals surface area (Å²) in [5.41, 5.74) is 3.51. The van der Waals surface area contributed by atoms with Crippen LogP contribution in [0.15, 0.2) is 18.2 Å². The molecule has 3 unspecified atom stereocenters. The summed E-state index contributed by atoms with van der Waals surface area (Å²) in [6, 6.07) is 0.358. The zero-order chi connectivity index (χ0) is 26.1. The summed E-state index contributed by atoms with van der Waals surface area (Å²) in [5.74, 6) is -2.86. The quantitative estimate of drug-likeness (QED) is 0.615. The first-order chi connectivity index (χ1) is 16.2. The van der Waals surface area contributed by atoms with Crippen LogP contribution in [0.2, 0.25) is 0 Å². The first-order valence-corrected chi connectivity index (χ1v) is 11.4. The fourth-order valence-corrected chi connectivity index (χ4v) is 4.47. The Morgan fingerprint density at radius 3 is 2.40 bits per heavy atom. The van der Waals surface area contributed by atoms with Gasteiger partial charge < -0.3 is 25.6 Å². The largest absolute Gasteiger partial charge is 0.444 e. The maximum Gasteiger partial charge on any atom is 0.416 e. The molecule has 2 heterocycles. The molecule has 35 heavy (non-hydrogen) atoms. The lowest BCUT2D eigenvalue weighted by Crippen LogP contribution is -2.62. The SMILES string of the molecule is CC(C)(C)OC(=O)N1CCC(C(N)=O)C(N2CCCC(Nc3cc(F)cc(C(F)(F)F)c3)C2=O)C1. The number of likely N-dealkylation sites (tertiary alicyclic amines) is 2. The number of alkyl halides is 3. The molecule has 0 spiro atoms. The second-order valence-electron chi connectivity index (χ2n) is 9.89. The van der Waals surface area contributed by atoms with Crippen molar-refractivity contribution in [2.75, 3.05) is 25.0 Å². The van der Waals surface area contributed by atoms with Crippen LogP contribution in [0.5, 0.6) is 0 Å². The molecule has 1 aromatic rings. The summed E-state index contributed by atoms with van der Waals surface area (Å²) in [6.45, 7) is 5.70. The van der Waals surface area contributed by atoms with Crippen molar-refractivity contribution in [2.45, 2.75) is 63.9 Å². The number of hydrogen-bond donors (Lipinski definition) is 2. The van der Waals surface area contributed by atoms with Crippen LogP contribution in [0.4, 0.5) is 28.0 Å². The lowest BCUT2D eigenvalue weighted by atomic mass is 9.88. The number of rotatable bonds is 4. The van der Waals surface area contributed by atoms with Crippen LogP contribution in [0.3, 0.4) is 0 Å². The van der Waals surface area contributed by atoms with Crippen LogP contribution in [0, 0.1) is 11.7 Å². The molecular weight excluding hydrogens is 472 g/mol. The number of halogens is 4. The third kappa shape index (κ3) is 6.55. The number of hydrogen-bond acceptors (Lipinski definition) is 5. The average molecular weight is 503 g/mol. The molecule has 194 valence electrons. The maximum atomic E-state index is 13.8. The van der Waals surface area contributed by atoms with Gasteiger partial charge in [-0.05, 0) is 58.2 Å². The highest BCUT2D eigenvalue weighted by molar-refractivity contribution is 5.87. The topological polar surface area (TPSA) is 105 Å². The van der Waals surface area contributed by atoms with Crippen molar-refractivity contribution in [1.82, 2.24) is 9.80 Å². The zero-order valence-corrected chi connectivity index (χ0v) is 19.8. The highest BCUT2D eigenvalue weighted by atomic mass is 19.4. The molecule has 0 aliphatic carbocycles. The number of benzene rings is 1. The maximum absolute atomic E-state index is 13.8. The number of amides is 3. The van der Waals surface area contributed by atoms with Gasteiger partial charge in [0.25, 0.3) is 0 Å². The van der Waals surface area contributed by atoms with Gasteiger partial charge in [-0.15, -0.1) is 0 Å². The number of nitrogens with one attached hydrogen (secondary N) is 1. The van der Waals surface area contributed by atoms with E-state index in [1.807, 2.05) is 0 Å². The predicted octanol–water partition coefficient (Wildman–Crippen LogP) is 3.36. The van der Waals surface area contributed by atoms with E-state index >= 15 is 0 Å². The highest BCUT2D eigenvalue weighted by Crippen LogP contribution is 2.33. The summed E-state index contributed by atoms with van der Waals surface area (Å²) in [7, 11) is 0. The van der Waals surface area contributed by atoms with Gasteiger partial charge in [-0.25, -0.2) is 9.18 Å². The van der Waals surface area contributed by atoms with E-state index in [1.54, 1.807) is 20.8 Å². The van der Waals surface area contributed by atoms with Gasteiger partial charge in [0.05, 0.1) is 17.5 Å². The van der Waals surface area contributed by atoms with E-state index in [-0.39, 0.29) is 31.7 Å². The van der Waals surface area contributed by atoms with E-state index < -0.39 is 59.1 Å². The molecule has 3 amide bonds. The van der Waals surface area contributed by atoms with Gasteiger partial charge in [-0.2, -0.15) is 13.2 Å².